The molecule has 18 heavy (non-hydrogen) atoms. The van der Waals surface area contributed by atoms with Crippen LogP contribution in [0.1, 0.15) is 29.5 Å². The third-order valence-electron chi connectivity index (χ3n) is 2.69. The molecule has 3 nitrogen and oxygen atoms in total. The van der Waals surface area contributed by atoms with Crippen LogP contribution in [0.4, 0.5) is 0 Å². The molecule has 5 heteroatoms. The van der Waals surface area contributed by atoms with E-state index < -0.39 is 0 Å². The van der Waals surface area contributed by atoms with E-state index in [2.05, 4.69) is 23.0 Å². The number of nitrogens with zero attached hydrogens (tertiary/aromatic N) is 1. The van der Waals surface area contributed by atoms with Crippen molar-refractivity contribution in [3.8, 4) is 0 Å². The van der Waals surface area contributed by atoms with Gasteiger partial charge in [0.1, 0.15) is 0 Å². The molecule has 0 aliphatic heterocycles. The second kappa shape index (κ2) is 6.20. The highest BCUT2D eigenvalue weighted by Gasteiger charge is 2.11. The van der Waals surface area contributed by atoms with Crippen molar-refractivity contribution in [3.63, 3.8) is 0 Å². The topological polar surface area (TPSA) is 45.8 Å². The molecule has 0 aromatic carbocycles. The highest BCUT2D eigenvalue weighted by atomic mass is 32.2. The molecule has 1 N–H and O–H groups in total. The summed E-state index contributed by atoms with van der Waals surface area (Å²) in [6.07, 6.45) is 4.47. The minimum absolute atomic E-state index is 0.00574. The smallest absolute Gasteiger partial charge is 0.255 e. The lowest BCUT2D eigenvalue weighted by Crippen LogP contribution is -2.18. The van der Waals surface area contributed by atoms with Gasteiger partial charge < -0.3 is 4.98 Å². The van der Waals surface area contributed by atoms with Gasteiger partial charge in [0.2, 0.25) is 0 Å². The first-order chi connectivity index (χ1) is 8.74. The van der Waals surface area contributed by atoms with Gasteiger partial charge in [-0.1, -0.05) is 31.2 Å². The average molecular weight is 280 g/mol. The molecular formula is C13H16N2OS2. The fraction of sp³-hybridized carbons (Fsp3) is 0.385. The van der Waals surface area contributed by atoms with Crippen LogP contribution in [0.5, 0.6) is 0 Å². The monoisotopic (exact) mass is 280 g/mol. The molecule has 2 rings (SSSR count). The third kappa shape index (κ3) is 3.03. The van der Waals surface area contributed by atoms with E-state index in [4.69, 9.17) is 0 Å². The molecule has 0 atom stereocenters. The maximum Gasteiger partial charge on any atom is 0.255 e. The number of aromatic amines is 1. The summed E-state index contributed by atoms with van der Waals surface area (Å²) in [5, 5.41) is 2.74. The number of H-pyrrole nitrogens is 1. The summed E-state index contributed by atoms with van der Waals surface area (Å²) in [4.78, 5) is 20.7. The summed E-state index contributed by atoms with van der Waals surface area (Å²) in [7, 11) is 0. The average Bonchev–Trinajstić information content (AvgIpc) is 2.86. The maximum atomic E-state index is 12.1. The second-order valence-electron chi connectivity index (χ2n) is 4.01. The van der Waals surface area contributed by atoms with Gasteiger partial charge in [-0.05, 0) is 24.1 Å². The molecule has 0 spiro atoms. The Kier molecular flexibility index (Phi) is 4.60. The van der Waals surface area contributed by atoms with Crippen molar-refractivity contribution in [1.82, 2.24) is 9.97 Å². The van der Waals surface area contributed by atoms with Crippen LogP contribution in [-0.4, -0.2) is 16.2 Å². The zero-order valence-electron chi connectivity index (χ0n) is 10.5. The van der Waals surface area contributed by atoms with Crippen molar-refractivity contribution < 1.29 is 0 Å². The van der Waals surface area contributed by atoms with Crippen LogP contribution in [0.2, 0.25) is 0 Å². The van der Waals surface area contributed by atoms with Crippen molar-refractivity contribution in [1.29, 1.82) is 0 Å². The van der Waals surface area contributed by atoms with Crippen LogP contribution in [-0.2, 0) is 12.8 Å². The van der Waals surface area contributed by atoms with Gasteiger partial charge in [0, 0.05) is 16.9 Å². The minimum atomic E-state index is 0.00574. The summed E-state index contributed by atoms with van der Waals surface area (Å²) in [6.45, 7) is 2.11. The van der Waals surface area contributed by atoms with E-state index in [1.807, 2.05) is 17.7 Å². The summed E-state index contributed by atoms with van der Waals surface area (Å²) in [5.41, 5.74) is 1.77. The molecule has 2 heterocycles. The molecule has 0 aliphatic carbocycles. The van der Waals surface area contributed by atoms with E-state index >= 15 is 0 Å². The minimum Gasteiger partial charge on any atom is -0.301 e. The summed E-state index contributed by atoms with van der Waals surface area (Å²) in [6, 6.07) is 4.07. The van der Waals surface area contributed by atoms with Crippen LogP contribution in [0.15, 0.2) is 27.5 Å². The lowest BCUT2D eigenvalue weighted by Gasteiger charge is -2.07. The molecular weight excluding hydrogens is 264 g/mol. The Morgan fingerprint density at radius 2 is 2.33 bits per heavy atom. The van der Waals surface area contributed by atoms with Crippen LogP contribution in [0.25, 0.3) is 0 Å². The highest BCUT2D eigenvalue weighted by Crippen LogP contribution is 2.17. The van der Waals surface area contributed by atoms with Crippen molar-refractivity contribution in [2.24, 2.45) is 0 Å². The zero-order chi connectivity index (χ0) is 13.0. The molecule has 0 bridgehead atoms. The van der Waals surface area contributed by atoms with E-state index in [-0.39, 0.29) is 5.56 Å². The van der Waals surface area contributed by atoms with Crippen LogP contribution in [0, 0.1) is 0 Å². The van der Waals surface area contributed by atoms with Crippen molar-refractivity contribution in [2.45, 2.75) is 31.3 Å². The highest BCUT2D eigenvalue weighted by molar-refractivity contribution is 7.98. The fourth-order valence-electron chi connectivity index (χ4n) is 1.83. The Bertz CT molecular complexity index is 561. The van der Waals surface area contributed by atoms with E-state index in [1.54, 1.807) is 11.3 Å². The number of nitrogens with one attached hydrogen (secondary N) is 1. The summed E-state index contributed by atoms with van der Waals surface area (Å²) in [5.74, 6) is 0. The predicted molar refractivity (Wildman–Crippen MR) is 77.8 cm³/mol. The number of thiophene rings is 1. The van der Waals surface area contributed by atoms with Gasteiger partial charge >= 0.3 is 0 Å². The number of aryl methyl sites for hydroxylation is 1. The van der Waals surface area contributed by atoms with E-state index in [0.717, 1.165) is 24.1 Å². The van der Waals surface area contributed by atoms with Gasteiger partial charge in [0.15, 0.2) is 5.16 Å². The molecule has 0 saturated heterocycles. The number of rotatable bonds is 5. The predicted octanol–water partition coefficient (Wildman–Crippen LogP) is 3.10. The van der Waals surface area contributed by atoms with Crippen molar-refractivity contribution >= 4 is 23.1 Å². The maximum absolute atomic E-state index is 12.1. The Balaban J connectivity index is 2.40. The number of hydrogen-bond donors (Lipinski definition) is 1. The van der Waals surface area contributed by atoms with Crippen LogP contribution >= 0.6 is 23.1 Å². The van der Waals surface area contributed by atoms with E-state index in [0.29, 0.717) is 11.6 Å². The van der Waals surface area contributed by atoms with Gasteiger partial charge in [0.05, 0.1) is 5.69 Å². The number of thioether (sulfide) groups is 1. The van der Waals surface area contributed by atoms with Crippen molar-refractivity contribution in [2.75, 3.05) is 6.26 Å². The van der Waals surface area contributed by atoms with E-state index in [1.165, 1.54) is 16.6 Å². The van der Waals surface area contributed by atoms with Crippen LogP contribution < -0.4 is 5.56 Å². The van der Waals surface area contributed by atoms with Gasteiger partial charge in [-0.25, -0.2) is 4.98 Å². The van der Waals surface area contributed by atoms with Gasteiger partial charge in [0.25, 0.3) is 5.56 Å². The Morgan fingerprint density at radius 1 is 1.50 bits per heavy atom. The fourth-order valence-corrected chi connectivity index (χ4v) is 2.94. The van der Waals surface area contributed by atoms with E-state index in [9.17, 15) is 4.79 Å². The molecule has 0 amide bonds. The largest absolute Gasteiger partial charge is 0.301 e. The molecule has 0 aliphatic rings. The zero-order valence-corrected chi connectivity index (χ0v) is 12.2. The first-order valence-electron chi connectivity index (χ1n) is 5.93. The molecule has 2 aromatic rings. The van der Waals surface area contributed by atoms with Gasteiger partial charge in [-0.15, -0.1) is 11.3 Å². The van der Waals surface area contributed by atoms with Gasteiger partial charge in [-0.3, -0.25) is 4.79 Å². The molecule has 0 fully saturated rings. The number of aromatic nitrogens is 2. The molecule has 0 saturated carbocycles. The summed E-state index contributed by atoms with van der Waals surface area (Å²) >= 11 is 3.15. The quantitative estimate of drug-likeness (QED) is 0.676. The first kappa shape index (κ1) is 13.4. The molecule has 2 aromatic heterocycles. The number of hydrogen-bond acceptors (Lipinski definition) is 4. The third-order valence-corrected chi connectivity index (χ3v) is 4.15. The lowest BCUT2D eigenvalue weighted by atomic mass is 10.1. The molecule has 0 unspecified atom stereocenters. The van der Waals surface area contributed by atoms with Crippen LogP contribution in [0.3, 0.4) is 0 Å². The standard InChI is InChI=1S/C13H16N2OS2/c1-3-5-11-10(8-9-6-4-7-18-9)12(16)15-13(14-11)17-2/h4,6-7H,3,5,8H2,1-2H3,(H,14,15,16). The Labute approximate surface area is 115 Å². The normalized spacial score (nSPS) is 10.8. The Morgan fingerprint density at radius 3 is 2.94 bits per heavy atom. The molecule has 0 radical (unpaired) electrons. The SMILES string of the molecule is CCCc1nc(SC)[nH]c(=O)c1Cc1cccs1. The van der Waals surface area contributed by atoms with Crippen molar-refractivity contribution in [3.05, 3.63) is 44.0 Å². The lowest BCUT2D eigenvalue weighted by molar-refractivity contribution is 0.791. The first-order valence-corrected chi connectivity index (χ1v) is 8.03. The second-order valence-corrected chi connectivity index (χ2v) is 5.83. The molecule has 96 valence electrons. The van der Waals surface area contributed by atoms with Gasteiger partial charge in [-0.2, -0.15) is 0 Å². The summed E-state index contributed by atoms with van der Waals surface area (Å²) < 4.78 is 0. The Hall–Kier alpha value is -1.07.